The molecule has 1 N–H and O–H groups in total. The standard InChI is InChI=1S/C8H7O/c1-2-7-5-3-4-6-8(7)9/h2,4-6,9H,1H2. The van der Waals surface area contributed by atoms with E-state index in [2.05, 4.69) is 12.6 Å². The second-order valence-corrected chi connectivity index (χ2v) is 1.69. The van der Waals surface area contributed by atoms with Crippen molar-refractivity contribution in [2.45, 2.75) is 0 Å². The van der Waals surface area contributed by atoms with Crippen LogP contribution in [0.4, 0.5) is 0 Å². The Bertz CT molecular complexity index is 216. The van der Waals surface area contributed by atoms with Gasteiger partial charge in [0.1, 0.15) is 5.75 Å². The molecule has 9 heavy (non-hydrogen) atoms. The summed E-state index contributed by atoms with van der Waals surface area (Å²) in [4.78, 5) is 0. The average molecular weight is 119 g/mol. The lowest BCUT2D eigenvalue weighted by Gasteiger charge is -1.93. The van der Waals surface area contributed by atoms with Gasteiger partial charge in [-0.05, 0) is 18.2 Å². The van der Waals surface area contributed by atoms with E-state index in [9.17, 15) is 0 Å². The van der Waals surface area contributed by atoms with Gasteiger partial charge in [0.25, 0.3) is 0 Å². The lowest BCUT2D eigenvalue weighted by atomic mass is 10.2. The predicted octanol–water partition coefficient (Wildman–Crippen LogP) is 1.84. The molecule has 0 aliphatic carbocycles. The molecule has 1 heteroatoms. The zero-order valence-electron chi connectivity index (χ0n) is 4.96. The summed E-state index contributed by atoms with van der Waals surface area (Å²) in [5.41, 5.74) is 0.720. The quantitative estimate of drug-likeness (QED) is 0.598. The maximum absolute atomic E-state index is 9.02. The molecule has 0 spiro atoms. The number of aromatic hydroxyl groups is 1. The van der Waals surface area contributed by atoms with Gasteiger partial charge in [0.05, 0.1) is 0 Å². The molecule has 1 aromatic carbocycles. The van der Waals surface area contributed by atoms with Crippen molar-refractivity contribution in [2.24, 2.45) is 0 Å². The predicted molar refractivity (Wildman–Crippen MR) is 37.0 cm³/mol. The Hall–Kier alpha value is -1.24. The van der Waals surface area contributed by atoms with Crippen LogP contribution in [0.3, 0.4) is 0 Å². The van der Waals surface area contributed by atoms with Gasteiger partial charge in [-0.1, -0.05) is 18.7 Å². The topological polar surface area (TPSA) is 20.2 Å². The Labute approximate surface area is 54.3 Å². The van der Waals surface area contributed by atoms with Gasteiger partial charge in [0.2, 0.25) is 0 Å². The minimum Gasteiger partial charge on any atom is -0.507 e. The molecular weight excluding hydrogens is 112 g/mol. The van der Waals surface area contributed by atoms with E-state index in [-0.39, 0.29) is 5.75 Å². The van der Waals surface area contributed by atoms with Crippen molar-refractivity contribution >= 4 is 6.08 Å². The van der Waals surface area contributed by atoms with Gasteiger partial charge in [-0.15, -0.1) is 0 Å². The highest BCUT2D eigenvalue weighted by molar-refractivity contribution is 5.54. The van der Waals surface area contributed by atoms with Crippen molar-refractivity contribution in [1.82, 2.24) is 0 Å². The van der Waals surface area contributed by atoms with Gasteiger partial charge < -0.3 is 5.11 Å². The molecule has 0 aliphatic heterocycles. The average Bonchev–Trinajstić information content (AvgIpc) is 1.89. The van der Waals surface area contributed by atoms with Gasteiger partial charge in [-0.3, -0.25) is 0 Å². The number of hydrogen-bond acceptors (Lipinski definition) is 1. The van der Waals surface area contributed by atoms with Gasteiger partial charge >= 0.3 is 0 Å². The highest BCUT2D eigenvalue weighted by atomic mass is 16.3. The van der Waals surface area contributed by atoms with Crippen LogP contribution in [0.25, 0.3) is 6.08 Å². The minimum absolute atomic E-state index is 0.253. The summed E-state index contributed by atoms with van der Waals surface area (Å²) in [5.74, 6) is 0.253. The number of phenolic OH excluding ortho intramolecular Hbond substituents is 1. The van der Waals surface area contributed by atoms with Gasteiger partial charge in [0, 0.05) is 5.56 Å². The summed E-state index contributed by atoms with van der Waals surface area (Å²) in [6.45, 7) is 3.51. The summed E-state index contributed by atoms with van der Waals surface area (Å²) in [7, 11) is 0. The lowest BCUT2D eigenvalue weighted by Crippen LogP contribution is -1.70. The Morgan fingerprint density at radius 1 is 1.67 bits per heavy atom. The molecule has 1 radical (unpaired) electrons. The van der Waals surface area contributed by atoms with E-state index >= 15 is 0 Å². The van der Waals surface area contributed by atoms with E-state index in [0.29, 0.717) is 0 Å². The fourth-order valence-corrected chi connectivity index (χ4v) is 0.599. The molecule has 0 bridgehead atoms. The Morgan fingerprint density at radius 2 is 2.44 bits per heavy atom. The van der Waals surface area contributed by atoms with Crippen LogP contribution >= 0.6 is 0 Å². The SMILES string of the molecule is C=Cc1c[c]ccc1O. The molecule has 0 heterocycles. The Morgan fingerprint density at radius 3 is 2.89 bits per heavy atom. The molecule has 0 unspecified atom stereocenters. The second-order valence-electron chi connectivity index (χ2n) is 1.69. The van der Waals surface area contributed by atoms with Crippen molar-refractivity contribution in [3.05, 3.63) is 36.4 Å². The molecule has 0 aliphatic rings. The number of rotatable bonds is 1. The van der Waals surface area contributed by atoms with E-state index < -0.39 is 0 Å². The fourth-order valence-electron chi connectivity index (χ4n) is 0.599. The van der Waals surface area contributed by atoms with Crippen molar-refractivity contribution in [3.63, 3.8) is 0 Å². The number of hydrogen-bond donors (Lipinski definition) is 1. The summed E-state index contributed by atoms with van der Waals surface area (Å²) >= 11 is 0. The maximum atomic E-state index is 9.02. The zero-order valence-corrected chi connectivity index (χ0v) is 4.96. The summed E-state index contributed by atoms with van der Waals surface area (Å²) in [6.07, 6.45) is 1.59. The minimum atomic E-state index is 0.253. The molecule has 0 saturated carbocycles. The third-order valence-corrected chi connectivity index (χ3v) is 1.09. The van der Waals surface area contributed by atoms with Crippen LogP contribution in [-0.2, 0) is 0 Å². The molecule has 0 atom stereocenters. The molecule has 1 nitrogen and oxygen atoms in total. The molecule has 0 amide bonds. The molecule has 1 rings (SSSR count). The highest BCUT2D eigenvalue weighted by Gasteiger charge is 1.90. The molecule has 1 aromatic rings. The van der Waals surface area contributed by atoms with Crippen LogP contribution < -0.4 is 0 Å². The van der Waals surface area contributed by atoms with Crippen LogP contribution in [-0.4, -0.2) is 5.11 Å². The molecular formula is C8H7O. The van der Waals surface area contributed by atoms with Crippen molar-refractivity contribution in [3.8, 4) is 5.75 Å². The lowest BCUT2D eigenvalue weighted by molar-refractivity contribution is 0.474. The third-order valence-electron chi connectivity index (χ3n) is 1.09. The van der Waals surface area contributed by atoms with Crippen LogP contribution in [0, 0.1) is 6.07 Å². The van der Waals surface area contributed by atoms with Crippen LogP contribution in [0.15, 0.2) is 24.8 Å². The van der Waals surface area contributed by atoms with E-state index in [4.69, 9.17) is 5.11 Å². The Balaban J connectivity index is 3.15. The number of benzene rings is 1. The van der Waals surface area contributed by atoms with E-state index in [1.807, 2.05) is 0 Å². The van der Waals surface area contributed by atoms with E-state index in [1.54, 1.807) is 24.3 Å². The molecule has 0 fully saturated rings. The van der Waals surface area contributed by atoms with Crippen molar-refractivity contribution in [2.75, 3.05) is 0 Å². The van der Waals surface area contributed by atoms with Gasteiger partial charge in [-0.2, -0.15) is 0 Å². The number of phenols is 1. The third kappa shape index (κ3) is 1.11. The smallest absolute Gasteiger partial charge is 0.122 e. The summed E-state index contributed by atoms with van der Waals surface area (Å²) in [6, 6.07) is 7.74. The first-order valence-corrected chi connectivity index (χ1v) is 2.66. The monoisotopic (exact) mass is 119 g/mol. The first kappa shape index (κ1) is 5.89. The first-order valence-electron chi connectivity index (χ1n) is 2.66. The van der Waals surface area contributed by atoms with Crippen LogP contribution in [0.5, 0.6) is 5.75 Å². The Kier molecular flexibility index (Phi) is 1.54. The summed E-state index contributed by atoms with van der Waals surface area (Å²) < 4.78 is 0. The van der Waals surface area contributed by atoms with E-state index in [0.717, 1.165) is 5.56 Å². The van der Waals surface area contributed by atoms with E-state index in [1.165, 1.54) is 0 Å². The van der Waals surface area contributed by atoms with Crippen LogP contribution in [0.1, 0.15) is 5.56 Å². The van der Waals surface area contributed by atoms with Crippen molar-refractivity contribution in [1.29, 1.82) is 0 Å². The van der Waals surface area contributed by atoms with Crippen LogP contribution in [0.2, 0.25) is 0 Å². The first-order chi connectivity index (χ1) is 4.34. The molecule has 0 aromatic heterocycles. The summed E-state index contributed by atoms with van der Waals surface area (Å²) in [5, 5.41) is 9.02. The molecule has 0 saturated heterocycles. The maximum Gasteiger partial charge on any atom is 0.122 e. The second kappa shape index (κ2) is 2.35. The molecule has 45 valence electrons. The van der Waals surface area contributed by atoms with Gasteiger partial charge in [-0.25, -0.2) is 0 Å². The fraction of sp³-hybridized carbons (Fsp3) is 0. The van der Waals surface area contributed by atoms with Gasteiger partial charge in [0.15, 0.2) is 0 Å². The van der Waals surface area contributed by atoms with Crippen molar-refractivity contribution < 1.29 is 5.11 Å². The zero-order chi connectivity index (χ0) is 6.69. The normalized spacial score (nSPS) is 8.89. The highest BCUT2D eigenvalue weighted by Crippen LogP contribution is 2.15. The largest absolute Gasteiger partial charge is 0.507 e.